The quantitative estimate of drug-likeness (QED) is 0.498. The zero-order valence-electron chi connectivity index (χ0n) is 5.91. The monoisotopic (exact) mass is 164 g/mol. The molecular weight excluding hydrogens is 160 g/mol. The second kappa shape index (κ2) is 2.26. The summed E-state index contributed by atoms with van der Waals surface area (Å²) >= 11 is 0. The first kappa shape index (κ1) is 6.71. The van der Waals surface area contributed by atoms with E-state index in [4.69, 9.17) is 0 Å². The summed E-state index contributed by atoms with van der Waals surface area (Å²) in [5.74, 6) is 0.0231. The summed E-state index contributed by atoms with van der Waals surface area (Å²) in [4.78, 5) is 11.0. The lowest BCUT2D eigenvalue weighted by atomic mass is 10.3. The molecule has 0 amide bonds. The van der Waals surface area contributed by atoms with Gasteiger partial charge in [-0.1, -0.05) is 4.91 Å². The number of hydrogen-bond acceptors (Lipinski definition) is 4. The van der Waals surface area contributed by atoms with Gasteiger partial charge in [-0.3, -0.25) is 0 Å². The third-order valence-electron chi connectivity index (χ3n) is 1.46. The molecule has 6 nitrogen and oxygen atoms in total. The van der Waals surface area contributed by atoms with Crippen molar-refractivity contribution in [1.29, 1.82) is 0 Å². The maximum Gasteiger partial charge on any atom is 0.416 e. The fourth-order valence-electron chi connectivity index (χ4n) is 0.927. The van der Waals surface area contributed by atoms with Gasteiger partial charge in [-0.25, -0.2) is 0 Å². The predicted molar refractivity (Wildman–Crippen MR) is 38.8 cm³/mol. The van der Waals surface area contributed by atoms with Crippen LogP contribution >= 0.6 is 0 Å². The van der Waals surface area contributed by atoms with Gasteiger partial charge in [0.15, 0.2) is 0 Å². The van der Waals surface area contributed by atoms with Crippen LogP contribution < -0.4 is 4.43 Å². The van der Waals surface area contributed by atoms with Crippen molar-refractivity contribution in [2.24, 2.45) is 0 Å². The molecule has 0 aromatic rings. The molecule has 2 aliphatic rings. The van der Waals surface area contributed by atoms with Gasteiger partial charge in [0.1, 0.15) is 18.2 Å². The third kappa shape index (κ3) is 0.815. The molecule has 0 fully saturated rings. The van der Waals surface area contributed by atoms with E-state index in [1.165, 1.54) is 18.3 Å². The van der Waals surface area contributed by atoms with Crippen molar-refractivity contribution in [3.8, 4) is 11.5 Å². The van der Waals surface area contributed by atoms with Crippen LogP contribution in [0.1, 0.15) is 0 Å². The Bertz CT molecular complexity index is 438. The molecule has 0 unspecified atom stereocenters. The fourth-order valence-corrected chi connectivity index (χ4v) is 0.927. The minimum atomic E-state index is 0.0231. The topological polar surface area (TPSA) is 76.7 Å². The zero-order valence-corrected chi connectivity index (χ0v) is 5.91. The van der Waals surface area contributed by atoms with Crippen molar-refractivity contribution < 1.29 is 4.43 Å². The van der Waals surface area contributed by atoms with E-state index in [2.05, 4.69) is 10.2 Å². The normalized spacial score (nSPS) is 10.3. The van der Waals surface area contributed by atoms with E-state index in [-0.39, 0.29) is 11.5 Å². The lowest BCUT2D eigenvalue weighted by Gasteiger charge is -2.10. The van der Waals surface area contributed by atoms with Gasteiger partial charge in [0.05, 0.1) is 5.10 Å². The van der Waals surface area contributed by atoms with E-state index in [9.17, 15) is 10.1 Å². The second-order valence-electron chi connectivity index (χ2n) is 2.20. The summed E-state index contributed by atoms with van der Waals surface area (Å²) in [5, 5.41) is 17.9. The van der Waals surface area contributed by atoms with E-state index >= 15 is 0 Å². The number of aromatic nitrogens is 4. The molecular formula is C6H4N4O2. The largest absolute Gasteiger partial charge is 0.804 e. The lowest BCUT2D eigenvalue weighted by molar-refractivity contribution is -0.486. The summed E-state index contributed by atoms with van der Waals surface area (Å²) in [6.45, 7) is 0. The van der Waals surface area contributed by atoms with E-state index in [0.717, 1.165) is 6.33 Å². The fraction of sp³-hybridized carbons (Fsp3) is 0. The van der Waals surface area contributed by atoms with Crippen LogP contribution in [0.3, 0.4) is 0 Å². The second-order valence-corrected chi connectivity index (χ2v) is 2.20. The minimum Gasteiger partial charge on any atom is -0.804 e. The molecule has 2 rings (SSSR count). The van der Waals surface area contributed by atoms with Crippen molar-refractivity contribution in [3.05, 3.63) is 34.8 Å². The van der Waals surface area contributed by atoms with Gasteiger partial charge in [0.2, 0.25) is 0 Å². The molecule has 0 saturated carbocycles. The van der Waals surface area contributed by atoms with E-state index in [0.29, 0.717) is 9.16 Å². The van der Waals surface area contributed by atoms with Crippen molar-refractivity contribution in [1.82, 2.24) is 14.9 Å². The van der Waals surface area contributed by atoms with Gasteiger partial charge in [-0.15, -0.1) is 0 Å². The molecule has 0 bridgehead atoms. The van der Waals surface area contributed by atoms with Crippen molar-refractivity contribution >= 4 is 0 Å². The van der Waals surface area contributed by atoms with Gasteiger partial charge in [-0.2, -0.15) is 0 Å². The van der Waals surface area contributed by atoms with E-state index in [1.54, 1.807) is 0 Å². The maximum absolute atomic E-state index is 11.0. The maximum atomic E-state index is 11.0. The first-order chi connectivity index (χ1) is 5.79. The van der Waals surface area contributed by atoms with Gasteiger partial charge in [0.25, 0.3) is 0 Å². The first-order valence-corrected chi connectivity index (χ1v) is 3.22. The van der Waals surface area contributed by atoms with Crippen LogP contribution in [-0.2, 0) is 0 Å². The Morgan fingerprint density at radius 2 is 2.42 bits per heavy atom. The van der Waals surface area contributed by atoms with Gasteiger partial charge in [-0.05, 0) is 17.2 Å². The van der Waals surface area contributed by atoms with Gasteiger partial charge in [0, 0.05) is 4.43 Å². The summed E-state index contributed by atoms with van der Waals surface area (Å²) in [5.41, 5.74) is 0.211. The SMILES string of the molecule is O=[n+]1cccc2n([O-])cnnc1-2. The highest BCUT2D eigenvalue weighted by Gasteiger charge is 2.16. The molecule has 0 spiro atoms. The van der Waals surface area contributed by atoms with Crippen LogP contribution in [0, 0.1) is 10.1 Å². The molecule has 0 saturated heterocycles. The van der Waals surface area contributed by atoms with Crippen molar-refractivity contribution in [2.75, 3.05) is 0 Å². The predicted octanol–water partition coefficient (Wildman–Crippen LogP) is -0.357. The van der Waals surface area contributed by atoms with Crippen molar-refractivity contribution in [3.63, 3.8) is 0 Å². The molecule has 0 aliphatic carbocycles. The van der Waals surface area contributed by atoms with E-state index < -0.39 is 0 Å². The van der Waals surface area contributed by atoms with Crippen LogP contribution in [0.2, 0.25) is 0 Å². The summed E-state index contributed by atoms with van der Waals surface area (Å²) in [6, 6.07) is 2.98. The van der Waals surface area contributed by atoms with Crippen LogP contribution in [-0.4, -0.2) is 14.9 Å². The van der Waals surface area contributed by atoms with Crippen molar-refractivity contribution in [2.45, 2.75) is 0 Å². The molecule has 60 valence electrons. The average molecular weight is 164 g/mol. The average Bonchev–Trinajstić information content (AvgIpc) is 2.07. The molecule has 2 aliphatic heterocycles. The number of pyridine rings is 1. The van der Waals surface area contributed by atoms with Crippen LogP contribution in [0.5, 0.6) is 0 Å². The van der Waals surface area contributed by atoms with E-state index in [1.807, 2.05) is 0 Å². The molecule has 0 atom stereocenters. The molecule has 0 aromatic carbocycles. The van der Waals surface area contributed by atoms with Gasteiger partial charge < -0.3 is 9.94 Å². The third-order valence-corrected chi connectivity index (χ3v) is 1.46. The van der Waals surface area contributed by atoms with Crippen LogP contribution in [0.4, 0.5) is 0 Å². The standard InChI is InChI=1S/C6H4N4O2/c11-9-3-1-2-5-6(9)8-7-4-10(5)12/h1-4H. The minimum absolute atomic E-state index is 0.0231. The highest BCUT2D eigenvalue weighted by atomic mass is 16.5. The van der Waals surface area contributed by atoms with Gasteiger partial charge >= 0.3 is 5.82 Å². The Kier molecular flexibility index (Phi) is 1.26. The zero-order chi connectivity index (χ0) is 8.55. The molecule has 0 N–H and O–H groups in total. The number of fused-ring (bicyclic) bond motifs is 1. The smallest absolute Gasteiger partial charge is 0.416 e. The molecule has 0 radical (unpaired) electrons. The summed E-state index contributed by atoms with van der Waals surface area (Å²) in [7, 11) is 0. The Hall–Kier alpha value is -1.98. The summed E-state index contributed by atoms with van der Waals surface area (Å²) < 4.78 is 0.994. The van der Waals surface area contributed by atoms with Crippen LogP contribution in [0.25, 0.3) is 11.5 Å². The number of hydrogen-bond donors (Lipinski definition) is 0. The van der Waals surface area contributed by atoms with Crippen LogP contribution in [0.15, 0.2) is 24.7 Å². The lowest BCUT2D eigenvalue weighted by Crippen LogP contribution is -2.21. The molecule has 12 heavy (non-hydrogen) atoms. The highest BCUT2D eigenvalue weighted by molar-refractivity contribution is 5.45. The summed E-state index contributed by atoms with van der Waals surface area (Å²) in [6.07, 6.45) is 2.26. The Labute approximate surface area is 66.6 Å². The highest BCUT2D eigenvalue weighted by Crippen LogP contribution is 2.09. The number of rotatable bonds is 0. The number of nitrogens with zero attached hydrogens (tertiary/aromatic N) is 4. The molecule has 0 aromatic heterocycles. The Morgan fingerprint density at radius 3 is 3.17 bits per heavy atom. The molecule has 2 heterocycles. The molecule has 6 heteroatoms. The Balaban J connectivity index is 2.91. The first-order valence-electron chi connectivity index (χ1n) is 3.22. The Morgan fingerprint density at radius 1 is 1.58 bits per heavy atom.